The molecule has 6 heteroatoms. The van der Waals surface area contributed by atoms with Gasteiger partial charge in [-0.3, -0.25) is 0 Å². The van der Waals surface area contributed by atoms with Crippen molar-refractivity contribution in [1.29, 1.82) is 0 Å². The topological polar surface area (TPSA) is 44.5 Å². The van der Waals surface area contributed by atoms with Crippen LogP contribution in [0, 0.1) is 0 Å². The van der Waals surface area contributed by atoms with Crippen LogP contribution in [0.3, 0.4) is 0 Å². The van der Waals surface area contributed by atoms with Crippen LogP contribution in [0.4, 0.5) is 13.2 Å². The highest BCUT2D eigenvalue weighted by Crippen LogP contribution is 2.35. The Bertz CT molecular complexity index is 419. The van der Waals surface area contributed by atoms with E-state index in [1.807, 2.05) is 0 Å². The molecular formula is C13H18F3NO2. The Hall–Kier alpha value is -1.27. The molecule has 1 rings (SSSR count). The third-order valence-electron chi connectivity index (χ3n) is 2.75. The van der Waals surface area contributed by atoms with E-state index in [-0.39, 0.29) is 11.3 Å². The summed E-state index contributed by atoms with van der Waals surface area (Å²) in [6.45, 7) is 5.67. The van der Waals surface area contributed by atoms with E-state index in [4.69, 9.17) is 10.5 Å². The third-order valence-corrected chi connectivity index (χ3v) is 2.75. The lowest BCUT2D eigenvalue weighted by Crippen LogP contribution is -2.38. The SMILES string of the molecule is CCOC(C)(C)C(N)c1ccccc1OC(F)(F)F. The van der Waals surface area contributed by atoms with Crippen LogP contribution in [-0.2, 0) is 4.74 Å². The fraction of sp³-hybridized carbons (Fsp3) is 0.538. The number of halogens is 3. The summed E-state index contributed by atoms with van der Waals surface area (Å²) in [5.74, 6) is -0.296. The fourth-order valence-electron chi connectivity index (χ4n) is 1.79. The molecule has 0 aliphatic carbocycles. The van der Waals surface area contributed by atoms with Gasteiger partial charge in [0.1, 0.15) is 5.75 Å². The summed E-state index contributed by atoms with van der Waals surface area (Å²) in [4.78, 5) is 0. The molecule has 0 saturated heterocycles. The zero-order chi connectivity index (χ0) is 14.7. The largest absolute Gasteiger partial charge is 0.573 e. The van der Waals surface area contributed by atoms with Gasteiger partial charge in [0.15, 0.2) is 0 Å². The molecule has 0 aromatic heterocycles. The number of hydrogen-bond acceptors (Lipinski definition) is 3. The van der Waals surface area contributed by atoms with Gasteiger partial charge in [-0.05, 0) is 26.8 Å². The zero-order valence-electron chi connectivity index (χ0n) is 11.1. The summed E-state index contributed by atoms with van der Waals surface area (Å²) in [6.07, 6.45) is -4.74. The summed E-state index contributed by atoms with van der Waals surface area (Å²) >= 11 is 0. The zero-order valence-corrected chi connectivity index (χ0v) is 11.1. The Morgan fingerprint density at radius 3 is 2.32 bits per heavy atom. The number of ether oxygens (including phenoxy) is 2. The molecule has 3 nitrogen and oxygen atoms in total. The van der Waals surface area contributed by atoms with Crippen LogP contribution in [0.2, 0.25) is 0 Å². The second kappa shape index (κ2) is 5.79. The molecule has 0 aliphatic rings. The van der Waals surface area contributed by atoms with E-state index in [9.17, 15) is 13.2 Å². The fourth-order valence-corrected chi connectivity index (χ4v) is 1.79. The van der Waals surface area contributed by atoms with Crippen molar-refractivity contribution in [3.63, 3.8) is 0 Å². The average Bonchev–Trinajstić information content (AvgIpc) is 2.26. The molecule has 0 saturated carbocycles. The van der Waals surface area contributed by atoms with E-state index in [1.165, 1.54) is 18.2 Å². The van der Waals surface area contributed by atoms with Crippen LogP contribution in [0.5, 0.6) is 5.75 Å². The molecule has 19 heavy (non-hydrogen) atoms. The second-order valence-corrected chi connectivity index (χ2v) is 4.60. The van der Waals surface area contributed by atoms with Crippen LogP contribution < -0.4 is 10.5 Å². The highest BCUT2D eigenvalue weighted by molar-refractivity contribution is 5.37. The monoisotopic (exact) mass is 277 g/mol. The molecular weight excluding hydrogens is 259 g/mol. The molecule has 1 atom stereocenters. The van der Waals surface area contributed by atoms with Gasteiger partial charge in [0.05, 0.1) is 11.6 Å². The van der Waals surface area contributed by atoms with Crippen LogP contribution in [0.15, 0.2) is 24.3 Å². The molecule has 0 bridgehead atoms. The summed E-state index contributed by atoms with van der Waals surface area (Å²) in [5, 5.41) is 0. The van der Waals surface area contributed by atoms with Gasteiger partial charge in [0.2, 0.25) is 0 Å². The molecule has 0 fully saturated rings. The Morgan fingerprint density at radius 2 is 1.79 bits per heavy atom. The van der Waals surface area contributed by atoms with Crippen molar-refractivity contribution in [2.45, 2.75) is 38.8 Å². The van der Waals surface area contributed by atoms with E-state index in [0.29, 0.717) is 6.61 Å². The minimum Gasteiger partial charge on any atom is -0.405 e. The number of benzene rings is 1. The third kappa shape index (κ3) is 4.40. The second-order valence-electron chi connectivity index (χ2n) is 4.60. The maximum absolute atomic E-state index is 12.3. The van der Waals surface area contributed by atoms with Gasteiger partial charge in [-0.15, -0.1) is 13.2 Å². The molecule has 0 spiro atoms. The van der Waals surface area contributed by atoms with E-state index in [0.717, 1.165) is 0 Å². The van der Waals surface area contributed by atoms with Crippen molar-refractivity contribution in [3.05, 3.63) is 29.8 Å². The molecule has 2 N–H and O–H groups in total. The Balaban J connectivity index is 3.06. The Labute approximate surface area is 110 Å². The van der Waals surface area contributed by atoms with Crippen molar-refractivity contribution >= 4 is 0 Å². The van der Waals surface area contributed by atoms with Crippen molar-refractivity contribution in [1.82, 2.24) is 0 Å². The van der Waals surface area contributed by atoms with Gasteiger partial charge >= 0.3 is 6.36 Å². The molecule has 0 radical (unpaired) electrons. The van der Waals surface area contributed by atoms with Crippen molar-refractivity contribution in [3.8, 4) is 5.75 Å². The van der Waals surface area contributed by atoms with Crippen LogP contribution in [-0.4, -0.2) is 18.6 Å². The molecule has 1 aromatic rings. The minimum absolute atomic E-state index is 0.262. The first kappa shape index (κ1) is 15.8. The smallest absolute Gasteiger partial charge is 0.405 e. The van der Waals surface area contributed by atoms with E-state index in [1.54, 1.807) is 26.8 Å². The van der Waals surface area contributed by atoms with Crippen molar-refractivity contribution in [2.24, 2.45) is 5.73 Å². The first-order valence-electron chi connectivity index (χ1n) is 5.91. The number of alkyl halides is 3. The predicted molar refractivity (Wildman–Crippen MR) is 65.8 cm³/mol. The predicted octanol–water partition coefficient (Wildman–Crippen LogP) is 3.40. The normalized spacial score (nSPS) is 14.3. The first-order valence-corrected chi connectivity index (χ1v) is 5.91. The number of hydrogen-bond donors (Lipinski definition) is 1. The van der Waals surface area contributed by atoms with Gasteiger partial charge in [-0.2, -0.15) is 0 Å². The van der Waals surface area contributed by atoms with E-state index < -0.39 is 18.0 Å². The lowest BCUT2D eigenvalue weighted by atomic mass is 9.92. The summed E-state index contributed by atoms with van der Waals surface area (Å²) in [6, 6.07) is 5.09. The van der Waals surface area contributed by atoms with Crippen LogP contribution in [0.1, 0.15) is 32.4 Å². The van der Waals surface area contributed by atoms with E-state index >= 15 is 0 Å². The quantitative estimate of drug-likeness (QED) is 0.897. The highest BCUT2D eigenvalue weighted by Gasteiger charge is 2.35. The van der Waals surface area contributed by atoms with Crippen LogP contribution in [0.25, 0.3) is 0 Å². The van der Waals surface area contributed by atoms with Gasteiger partial charge in [0.25, 0.3) is 0 Å². The van der Waals surface area contributed by atoms with Gasteiger partial charge in [-0.1, -0.05) is 18.2 Å². The van der Waals surface area contributed by atoms with Gasteiger partial charge in [0, 0.05) is 12.2 Å². The van der Waals surface area contributed by atoms with Gasteiger partial charge in [-0.25, -0.2) is 0 Å². The Morgan fingerprint density at radius 1 is 1.21 bits per heavy atom. The average molecular weight is 277 g/mol. The van der Waals surface area contributed by atoms with E-state index in [2.05, 4.69) is 4.74 Å². The molecule has 0 amide bonds. The summed E-state index contributed by atoms with van der Waals surface area (Å²) in [7, 11) is 0. The number of rotatable bonds is 5. The standard InChI is InChI=1S/C13H18F3NO2/c1-4-18-12(2,3)11(17)9-7-5-6-8-10(9)19-13(14,15)16/h5-8,11H,4,17H2,1-3H3. The lowest BCUT2D eigenvalue weighted by molar-refractivity contribution is -0.275. The molecule has 0 aliphatic heterocycles. The maximum Gasteiger partial charge on any atom is 0.573 e. The van der Waals surface area contributed by atoms with Crippen molar-refractivity contribution in [2.75, 3.05) is 6.61 Å². The maximum atomic E-state index is 12.3. The Kier molecular flexibility index (Phi) is 4.81. The number of para-hydroxylation sites is 1. The van der Waals surface area contributed by atoms with Crippen LogP contribution >= 0.6 is 0 Å². The summed E-state index contributed by atoms with van der Waals surface area (Å²) < 4.78 is 46.5. The molecule has 108 valence electrons. The lowest BCUT2D eigenvalue weighted by Gasteiger charge is -2.32. The van der Waals surface area contributed by atoms with Crippen molar-refractivity contribution < 1.29 is 22.6 Å². The first-order chi connectivity index (χ1) is 8.67. The summed E-state index contributed by atoms with van der Waals surface area (Å²) in [5.41, 5.74) is 5.48. The molecule has 1 unspecified atom stereocenters. The molecule has 0 heterocycles. The molecule has 1 aromatic carbocycles. The van der Waals surface area contributed by atoms with Gasteiger partial charge < -0.3 is 15.2 Å². The highest BCUT2D eigenvalue weighted by atomic mass is 19.4. The number of nitrogens with two attached hydrogens (primary N) is 1. The minimum atomic E-state index is -4.74.